The molecule has 7 heteroatoms. The first kappa shape index (κ1) is 19.9. The minimum atomic E-state index is -0.216. The average molecular weight is 384 g/mol. The fourth-order valence-electron chi connectivity index (χ4n) is 3.29. The number of nitrogens with zero attached hydrogens (tertiary/aromatic N) is 3. The fourth-order valence-corrected chi connectivity index (χ4v) is 3.29. The summed E-state index contributed by atoms with van der Waals surface area (Å²) in [4.78, 5) is 23.3. The van der Waals surface area contributed by atoms with E-state index in [1.54, 1.807) is 26.6 Å². The molecule has 28 heavy (non-hydrogen) atoms. The van der Waals surface area contributed by atoms with Crippen molar-refractivity contribution < 1.29 is 14.3 Å². The van der Waals surface area contributed by atoms with Crippen LogP contribution in [0.25, 0.3) is 0 Å². The van der Waals surface area contributed by atoms with Crippen molar-refractivity contribution in [3.63, 3.8) is 0 Å². The first-order valence-electron chi connectivity index (χ1n) is 9.66. The van der Waals surface area contributed by atoms with Crippen LogP contribution in [0, 0.1) is 5.92 Å². The lowest BCUT2D eigenvalue weighted by Crippen LogP contribution is -2.33. The van der Waals surface area contributed by atoms with Crippen molar-refractivity contribution in [3.8, 4) is 11.5 Å². The maximum Gasteiger partial charge on any atom is 0.271 e. The van der Waals surface area contributed by atoms with Crippen LogP contribution in [0.5, 0.6) is 11.5 Å². The number of carbonyl (C=O) groups is 1. The Morgan fingerprint density at radius 3 is 2.54 bits per heavy atom. The number of benzene rings is 1. The molecule has 150 valence electrons. The number of methoxy groups -OCH3 is 2. The van der Waals surface area contributed by atoms with E-state index in [0.717, 1.165) is 30.4 Å². The summed E-state index contributed by atoms with van der Waals surface area (Å²) in [6.45, 7) is 4.76. The van der Waals surface area contributed by atoms with Crippen LogP contribution in [-0.4, -0.2) is 49.7 Å². The number of aromatic nitrogens is 2. The topological polar surface area (TPSA) is 76.6 Å². The van der Waals surface area contributed by atoms with Crippen molar-refractivity contribution >= 4 is 11.7 Å². The van der Waals surface area contributed by atoms with Crippen molar-refractivity contribution in [2.45, 2.75) is 26.2 Å². The number of hydrogen-bond donors (Lipinski definition) is 1. The third-order valence-electron chi connectivity index (χ3n) is 5.13. The first-order chi connectivity index (χ1) is 13.6. The van der Waals surface area contributed by atoms with Crippen molar-refractivity contribution in [1.82, 2.24) is 15.3 Å². The van der Waals surface area contributed by atoms with Gasteiger partial charge in [-0.3, -0.25) is 4.79 Å². The number of hydrogen-bond acceptors (Lipinski definition) is 6. The van der Waals surface area contributed by atoms with Gasteiger partial charge in [0.25, 0.3) is 5.91 Å². The van der Waals surface area contributed by atoms with Gasteiger partial charge in [0.1, 0.15) is 11.5 Å². The molecule has 0 aliphatic carbocycles. The van der Waals surface area contributed by atoms with Crippen molar-refractivity contribution in [2.24, 2.45) is 5.92 Å². The molecule has 1 aromatic heterocycles. The molecule has 0 bridgehead atoms. The molecule has 3 rings (SSSR count). The lowest BCUT2D eigenvalue weighted by Gasteiger charge is -2.30. The molecule has 0 spiro atoms. The van der Waals surface area contributed by atoms with Crippen LogP contribution >= 0.6 is 0 Å². The van der Waals surface area contributed by atoms with Crippen molar-refractivity contribution in [2.75, 3.05) is 38.8 Å². The largest absolute Gasteiger partial charge is 0.493 e. The summed E-state index contributed by atoms with van der Waals surface area (Å²) < 4.78 is 10.5. The van der Waals surface area contributed by atoms with Crippen LogP contribution in [-0.2, 0) is 6.42 Å². The highest BCUT2D eigenvalue weighted by atomic mass is 16.5. The molecule has 0 radical (unpaired) electrons. The number of rotatable bonds is 7. The van der Waals surface area contributed by atoms with Gasteiger partial charge in [0.2, 0.25) is 0 Å². The van der Waals surface area contributed by atoms with Crippen molar-refractivity contribution in [3.05, 3.63) is 41.9 Å². The molecule has 2 heterocycles. The van der Waals surface area contributed by atoms with E-state index in [4.69, 9.17) is 9.47 Å². The zero-order valence-electron chi connectivity index (χ0n) is 16.8. The van der Waals surface area contributed by atoms with Gasteiger partial charge in [-0.05, 0) is 42.9 Å². The molecular formula is C21H28N4O3. The minimum Gasteiger partial charge on any atom is -0.493 e. The predicted octanol–water partition coefficient (Wildman–Crippen LogP) is 2.70. The van der Waals surface area contributed by atoms with Gasteiger partial charge in [-0.2, -0.15) is 0 Å². The predicted molar refractivity (Wildman–Crippen MR) is 108 cm³/mol. The van der Waals surface area contributed by atoms with E-state index in [1.807, 2.05) is 18.2 Å². The zero-order chi connectivity index (χ0) is 19.9. The Bertz CT molecular complexity index is 787. The maximum atomic E-state index is 12.3. The van der Waals surface area contributed by atoms with Crippen LogP contribution < -0.4 is 19.7 Å². The Morgan fingerprint density at radius 2 is 1.89 bits per heavy atom. The molecule has 1 aliphatic heterocycles. The van der Waals surface area contributed by atoms with Gasteiger partial charge in [-0.15, -0.1) is 0 Å². The highest BCUT2D eigenvalue weighted by molar-refractivity contribution is 5.92. The Morgan fingerprint density at radius 1 is 1.14 bits per heavy atom. The second kappa shape index (κ2) is 9.39. The van der Waals surface area contributed by atoms with Crippen LogP contribution in [0.4, 0.5) is 5.82 Å². The van der Waals surface area contributed by atoms with Crippen LogP contribution in [0.15, 0.2) is 30.6 Å². The zero-order valence-corrected chi connectivity index (χ0v) is 16.8. The summed E-state index contributed by atoms with van der Waals surface area (Å²) in [5.74, 6) is 2.76. The van der Waals surface area contributed by atoms with Gasteiger partial charge < -0.3 is 19.7 Å². The molecule has 1 N–H and O–H groups in total. The normalized spacial score (nSPS) is 14.6. The molecule has 0 unspecified atom stereocenters. The van der Waals surface area contributed by atoms with E-state index < -0.39 is 0 Å². The Balaban J connectivity index is 1.51. The molecule has 1 fully saturated rings. The standard InChI is InChI=1S/C21H28N4O3/c1-15-7-10-25(11-8-15)20-14-23-17(13-24-20)21(26)22-9-6-16-4-5-18(27-2)19(12-16)28-3/h4-5,12-15H,6-11H2,1-3H3,(H,22,26). The highest BCUT2D eigenvalue weighted by Gasteiger charge is 2.17. The second-order valence-electron chi connectivity index (χ2n) is 7.12. The molecule has 1 aliphatic rings. The van der Waals surface area contributed by atoms with Gasteiger partial charge in [0, 0.05) is 19.6 Å². The number of amides is 1. The SMILES string of the molecule is COc1ccc(CCNC(=O)c2cnc(N3CCC(C)CC3)cn2)cc1OC. The van der Waals surface area contributed by atoms with E-state index in [1.165, 1.54) is 12.8 Å². The van der Waals surface area contributed by atoms with E-state index in [2.05, 4.69) is 27.1 Å². The lowest BCUT2D eigenvalue weighted by atomic mass is 9.99. The van der Waals surface area contributed by atoms with Gasteiger partial charge in [-0.1, -0.05) is 13.0 Å². The quantitative estimate of drug-likeness (QED) is 0.791. The molecular weight excluding hydrogens is 356 g/mol. The summed E-state index contributed by atoms with van der Waals surface area (Å²) in [6, 6.07) is 5.74. The van der Waals surface area contributed by atoms with Crippen LogP contribution in [0.3, 0.4) is 0 Å². The van der Waals surface area contributed by atoms with Crippen LogP contribution in [0.2, 0.25) is 0 Å². The number of anilines is 1. The summed E-state index contributed by atoms with van der Waals surface area (Å²) in [6.07, 6.45) is 6.27. The van der Waals surface area contributed by atoms with Crippen molar-refractivity contribution in [1.29, 1.82) is 0 Å². The lowest BCUT2D eigenvalue weighted by molar-refractivity contribution is 0.0949. The summed E-state index contributed by atoms with van der Waals surface area (Å²) in [7, 11) is 3.21. The van der Waals surface area contributed by atoms with Gasteiger partial charge in [-0.25, -0.2) is 9.97 Å². The van der Waals surface area contributed by atoms with Gasteiger partial charge in [0.15, 0.2) is 11.5 Å². The molecule has 1 saturated heterocycles. The number of piperidine rings is 1. The van der Waals surface area contributed by atoms with Crippen LogP contribution in [0.1, 0.15) is 35.8 Å². The molecule has 2 aromatic rings. The third-order valence-corrected chi connectivity index (χ3v) is 5.13. The number of ether oxygens (including phenoxy) is 2. The van der Waals surface area contributed by atoms with E-state index in [-0.39, 0.29) is 5.91 Å². The molecule has 7 nitrogen and oxygen atoms in total. The average Bonchev–Trinajstić information content (AvgIpc) is 2.74. The maximum absolute atomic E-state index is 12.3. The molecule has 0 saturated carbocycles. The molecule has 0 atom stereocenters. The smallest absolute Gasteiger partial charge is 0.271 e. The molecule has 1 amide bonds. The fraction of sp³-hybridized carbons (Fsp3) is 0.476. The Labute approximate surface area is 166 Å². The highest BCUT2D eigenvalue weighted by Crippen LogP contribution is 2.27. The Kier molecular flexibility index (Phi) is 6.68. The van der Waals surface area contributed by atoms with Gasteiger partial charge in [0.05, 0.1) is 26.6 Å². The monoisotopic (exact) mass is 384 g/mol. The second-order valence-corrected chi connectivity index (χ2v) is 7.12. The van der Waals surface area contributed by atoms with E-state index in [9.17, 15) is 4.79 Å². The summed E-state index contributed by atoms with van der Waals surface area (Å²) in [5.41, 5.74) is 1.39. The Hall–Kier alpha value is -2.83. The van der Waals surface area contributed by atoms with E-state index in [0.29, 0.717) is 30.2 Å². The van der Waals surface area contributed by atoms with Gasteiger partial charge >= 0.3 is 0 Å². The number of nitrogens with one attached hydrogen (secondary N) is 1. The first-order valence-corrected chi connectivity index (χ1v) is 9.66. The third kappa shape index (κ3) is 4.91. The summed E-state index contributed by atoms with van der Waals surface area (Å²) in [5, 5.41) is 2.89. The summed E-state index contributed by atoms with van der Waals surface area (Å²) >= 11 is 0. The minimum absolute atomic E-state index is 0.216. The number of carbonyl (C=O) groups excluding carboxylic acids is 1. The molecule has 1 aromatic carbocycles. The van der Waals surface area contributed by atoms with E-state index >= 15 is 0 Å².